The minimum Gasteiger partial charge on any atom is -0.389 e. The molecule has 1 aromatic rings. The quantitative estimate of drug-likeness (QED) is 0.831. The average Bonchev–Trinajstić information content (AvgIpc) is 2.64. The molecule has 1 N–H and O–H groups in total. The molecule has 0 aromatic heterocycles. The Morgan fingerprint density at radius 1 is 1.16 bits per heavy atom. The second kappa shape index (κ2) is 4.63. The smallest absolute Gasteiger partial charge is 0.0704 e. The van der Waals surface area contributed by atoms with Gasteiger partial charge in [-0.15, -0.1) is 0 Å². The summed E-state index contributed by atoms with van der Waals surface area (Å²) < 4.78 is 0. The second-order valence-electron chi connectivity index (χ2n) is 7.26. The maximum atomic E-state index is 11.1. The van der Waals surface area contributed by atoms with Gasteiger partial charge in [0.15, 0.2) is 0 Å². The molecule has 2 atom stereocenters. The van der Waals surface area contributed by atoms with Crippen LogP contribution in [0.5, 0.6) is 0 Å². The first-order valence-electron chi connectivity index (χ1n) is 7.82. The van der Waals surface area contributed by atoms with E-state index in [0.29, 0.717) is 5.92 Å². The van der Waals surface area contributed by atoms with E-state index in [1.165, 1.54) is 36.8 Å². The zero-order valence-electron chi connectivity index (χ0n) is 12.3. The van der Waals surface area contributed by atoms with Gasteiger partial charge in [0.25, 0.3) is 0 Å². The van der Waals surface area contributed by atoms with E-state index >= 15 is 0 Å². The zero-order valence-corrected chi connectivity index (χ0v) is 12.3. The molecule has 0 radical (unpaired) electrons. The molecule has 1 saturated carbocycles. The Hall–Kier alpha value is -0.820. The Balaban J connectivity index is 1.85. The van der Waals surface area contributed by atoms with E-state index in [-0.39, 0.29) is 5.41 Å². The average molecular weight is 258 g/mol. The molecule has 2 aliphatic carbocycles. The van der Waals surface area contributed by atoms with Crippen molar-refractivity contribution < 1.29 is 5.11 Å². The Morgan fingerprint density at radius 3 is 2.68 bits per heavy atom. The van der Waals surface area contributed by atoms with E-state index < -0.39 is 5.60 Å². The van der Waals surface area contributed by atoms with Crippen LogP contribution in [0.25, 0.3) is 0 Å². The van der Waals surface area contributed by atoms with Gasteiger partial charge in [-0.2, -0.15) is 0 Å². The van der Waals surface area contributed by atoms with E-state index in [4.69, 9.17) is 0 Å². The minimum atomic E-state index is -0.456. The van der Waals surface area contributed by atoms with E-state index in [1.54, 1.807) is 0 Å². The summed E-state index contributed by atoms with van der Waals surface area (Å²) in [4.78, 5) is 0. The fraction of sp³-hybridized carbons (Fsp3) is 0.667. The highest BCUT2D eigenvalue weighted by Gasteiger charge is 2.48. The molecule has 0 heterocycles. The van der Waals surface area contributed by atoms with Crippen molar-refractivity contribution in [3.8, 4) is 0 Å². The Labute approximate surface area is 117 Å². The van der Waals surface area contributed by atoms with Crippen LogP contribution in [0.4, 0.5) is 0 Å². The molecule has 0 amide bonds. The molecule has 1 heteroatoms. The highest BCUT2D eigenvalue weighted by atomic mass is 16.3. The highest BCUT2D eigenvalue weighted by Crippen LogP contribution is 2.51. The lowest BCUT2D eigenvalue weighted by molar-refractivity contribution is -0.0556. The maximum Gasteiger partial charge on any atom is 0.0704 e. The van der Waals surface area contributed by atoms with Gasteiger partial charge in [0.05, 0.1) is 5.60 Å². The highest BCUT2D eigenvalue weighted by molar-refractivity contribution is 5.33. The van der Waals surface area contributed by atoms with Crippen LogP contribution in [-0.2, 0) is 6.42 Å². The summed E-state index contributed by atoms with van der Waals surface area (Å²) in [6, 6.07) is 8.85. The topological polar surface area (TPSA) is 20.2 Å². The van der Waals surface area contributed by atoms with Gasteiger partial charge in [0.2, 0.25) is 0 Å². The predicted octanol–water partition coefficient (Wildman–Crippen LogP) is 4.44. The van der Waals surface area contributed by atoms with Gasteiger partial charge >= 0.3 is 0 Å². The minimum absolute atomic E-state index is 0.0827. The van der Waals surface area contributed by atoms with Crippen molar-refractivity contribution in [2.45, 2.75) is 70.3 Å². The number of aliphatic hydroxyl groups is 1. The van der Waals surface area contributed by atoms with Crippen LogP contribution in [0.2, 0.25) is 0 Å². The number of hydrogen-bond acceptors (Lipinski definition) is 1. The Bertz CT molecular complexity index is 463. The molecule has 1 fully saturated rings. The molecular formula is C18H26O. The predicted molar refractivity (Wildman–Crippen MR) is 79.3 cm³/mol. The number of rotatable bonds is 2. The fourth-order valence-electron chi connectivity index (χ4n) is 4.25. The van der Waals surface area contributed by atoms with E-state index in [2.05, 4.69) is 38.1 Å². The van der Waals surface area contributed by atoms with Crippen LogP contribution in [0.15, 0.2) is 24.3 Å². The summed E-state index contributed by atoms with van der Waals surface area (Å²) in [5, 5.41) is 11.1. The van der Waals surface area contributed by atoms with Gasteiger partial charge in [-0.1, -0.05) is 38.1 Å². The maximum absolute atomic E-state index is 11.1. The third-order valence-corrected chi connectivity index (χ3v) is 5.73. The standard InChI is InChI=1S/C18H26O/c1-17(2)11-6-12-18(17,19)13-15-9-5-8-14-7-3-4-10-16(14)15/h3-4,7,10,15,19H,5-6,8-9,11-13H2,1-2H3. The molecule has 1 nitrogen and oxygen atoms in total. The van der Waals surface area contributed by atoms with Crippen LogP contribution in [-0.4, -0.2) is 10.7 Å². The van der Waals surface area contributed by atoms with Crippen molar-refractivity contribution in [2.24, 2.45) is 5.41 Å². The van der Waals surface area contributed by atoms with Crippen molar-refractivity contribution in [2.75, 3.05) is 0 Å². The van der Waals surface area contributed by atoms with Gasteiger partial charge in [-0.25, -0.2) is 0 Å². The second-order valence-corrected chi connectivity index (χ2v) is 7.26. The Kier molecular flexibility index (Phi) is 3.21. The molecule has 0 bridgehead atoms. The molecule has 0 spiro atoms. The number of benzene rings is 1. The van der Waals surface area contributed by atoms with Crippen LogP contribution >= 0.6 is 0 Å². The van der Waals surface area contributed by atoms with E-state index in [9.17, 15) is 5.11 Å². The molecule has 0 saturated heterocycles. The molecule has 1 aromatic carbocycles. The van der Waals surface area contributed by atoms with Crippen molar-refractivity contribution in [1.29, 1.82) is 0 Å². The van der Waals surface area contributed by atoms with Gasteiger partial charge in [0, 0.05) is 0 Å². The lowest BCUT2D eigenvalue weighted by Gasteiger charge is -2.40. The van der Waals surface area contributed by atoms with Gasteiger partial charge in [-0.3, -0.25) is 0 Å². The summed E-state index contributed by atoms with van der Waals surface area (Å²) in [6.45, 7) is 4.49. The first-order chi connectivity index (χ1) is 9.02. The summed E-state index contributed by atoms with van der Waals surface area (Å²) in [5.74, 6) is 0.562. The van der Waals surface area contributed by atoms with Crippen LogP contribution in [0, 0.1) is 5.41 Å². The lowest BCUT2D eigenvalue weighted by Crippen LogP contribution is -2.41. The molecule has 19 heavy (non-hydrogen) atoms. The number of fused-ring (bicyclic) bond motifs is 1. The van der Waals surface area contributed by atoms with Crippen LogP contribution in [0.3, 0.4) is 0 Å². The molecule has 104 valence electrons. The summed E-state index contributed by atoms with van der Waals surface area (Å²) >= 11 is 0. The Morgan fingerprint density at radius 2 is 1.95 bits per heavy atom. The van der Waals surface area contributed by atoms with Gasteiger partial charge < -0.3 is 5.11 Å². The van der Waals surface area contributed by atoms with Gasteiger partial charge in [-0.05, 0) is 67.4 Å². The van der Waals surface area contributed by atoms with E-state index in [1.807, 2.05) is 0 Å². The van der Waals surface area contributed by atoms with Crippen LogP contribution < -0.4 is 0 Å². The van der Waals surface area contributed by atoms with Gasteiger partial charge in [0.1, 0.15) is 0 Å². The summed E-state index contributed by atoms with van der Waals surface area (Å²) in [5.41, 5.74) is 2.64. The number of aryl methyl sites for hydroxylation is 1. The lowest BCUT2D eigenvalue weighted by atomic mass is 9.69. The summed E-state index contributed by atoms with van der Waals surface area (Å²) in [6.07, 6.45) is 8.02. The van der Waals surface area contributed by atoms with Crippen LogP contribution in [0.1, 0.15) is 69.4 Å². The van der Waals surface area contributed by atoms with Crippen molar-refractivity contribution in [3.05, 3.63) is 35.4 Å². The van der Waals surface area contributed by atoms with Crippen molar-refractivity contribution in [1.82, 2.24) is 0 Å². The molecule has 0 aliphatic heterocycles. The molecule has 2 aliphatic rings. The third kappa shape index (κ3) is 2.23. The van der Waals surface area contributed by atoms with E-state index in [0.717, 1.165) is 19.3 Å². The monoisotopic (exact) mass is 258 g/mol. The third-order valence-electron chi connectivity index (χ3n) is 5.73. The normalized spacial score (nSPS) is 33.1. The summed E-state index contributed by atoms with van der Waals surface area (Å²) in [7, 11) is 0. The largest absolute Gasteiger partial charge is 0.389 e. The number of hydrogen-bond donors (Lipinski definition) is 1. The molecule has 2 unspecified atom stereocenters. The zero-order chi connectivity index (χ0) is 13.5. The van der Waals surface area contributed by atoms with Crippen molar-refractivity contribution in [3.63, 3.8) is 0 Å². The fourth-order valence-corrected chi connectivity index (χ4v) is 4.25. The first-order valence-corrected chi connectivity index (χ1v) is 7.82. The first kappa shape index (κ1) is 13.2. The molecular weight excluding hydrogens is 232 g/mol. The SMILES string of the molecule is CC1(C)CCCC1(O)CC1CCCc2ccccc21. The van der Waals surface area contributed by atoms with Crippen molar-refractivity contribution >= 4 is 0 Å². The molecule has 3 rings (SSSR count).